The Bertz CT molecular complexity index is 873. The van der Waals surface area contributed by atoms with Gasteiger partial charge in [0, 0.05) is 12.0 Å². The maximum absolute atomic E-state index is 14.0. The Morgan fingerprint density at radius 2 is 1.89 bits per heavy atom. The van der Waals surface area contributed by atoms with Gasteiger partial charge in [0.25, 0.3) is 5.66 Å². The van der Waals surface area contributed by atoms with Gasteiger partial charge in [-0.25, -0.2) is 0 Å². The molecule has 0 heterocycles. The average molecular weight is 404 g/mol. The quantitative estimate of drug-likeness (QED) is 0.579. The highest BCUT2D eigenvalue weighted by Crippen LogP contribution is 2.39. The number of carboxylic acids is 1. The smallest absolute Gasteiger partial charge is 0.303 e. The summed E-state index contributed by atoms with van der Waals surface area (Å²) in [6.07, 6.45) is 2.85. The van der Waals surface area contributed by atoms with Gasteiger partial charge in [0.2, 0.25) is 0 Å². The highest BCUT2D eigenvalue weighted by Gasteiger charge is 2.28. The molecular weight excluding hydrogens is 381 g/mol. The summed E-state index contributed by atoms with van der Waals surface area (Å²) in [6.45, 7) is 0.362. The molecule has 28 heavy (non-hydrogen) atoms. The second-order valence-electron chi connectivity index (χ2n) is 6.93. The van der Waals surface area contributed by atoms with Crippen LogP contribution in [0.3, 0.4) is 0 Å². The van der Waals surface area contributed by atoms with Crippen LogP contribution in [-0.4, -0.2) is 17.7 Å². The van der Waals surface area contributed by atoms with Crippen LogP contribution in [0.2, 0.25) is 0 Å². The maximum Gasteiger partial charge on any atom is 0.303 e. The van der Waals surface area contributed by atoms with Crippen LogP contribution in [0.1, 0.15) is 42.4 Å². The average Bonchev–Trinajstić information content (AvgIpc) is 3.13. The zero-order chi connectivity index (χ0) is 20.1. The van der Waals surface area contributed by atoms with Crippen LogP contribution < -0.4 is 4.74 Å². The number of ether oxygens (including phenoxy) is 1. The molecule has 0 amide bonds. The second-order valence-corrected chi connectivity index (χ2v) is 7.65. The number of hydrogen-bond donors (Lipinski definition) is 1. The van der Waals surface area contributed by atoms with E-state index in [9.17, 15) is 13.6 Å². The topological polar surface area (TPSA) is 46.5 Å². The van der Waals surface area contributed by atoms with Crippen molar-refractivity contribution in [3.63, 3.8) is 0 Å². The molecule has 0 saturated carbocycles. The van der Waals surface area contributed by atoms with Crippen LogP contribution in [0.5, 0.6) is 5.75 Å². The number of aryl methyl sites for hydroxylation is 1. The van der Waals surface area contributed by atoms with E-state index in [1.54, 1.807) is 6.07 Å². The van der Waals surface area contributed by atoms with Crippen molar-refractivity contribution in [1.82, 2.24) is 0 Å². The van der Waals surface area contributed by atoms with Gasteiger partial charge in [-0.05, 0) is 60.1 Å². The van der Waals surface area contributed by atoms with Crippen molar-refractivity contribution in [2.24, 2.45) is 0 Å². The Kier molecular flexibility index (Phi) is 6.46. The lowest BCUT2D eigenvalue weighted by Gasteiger charge is -2.18. The summed E-state index contributed by atoms with van der Waals surface area (Å²) in [6, 6.07) is 14.6. The number of rotatable bonds is 8. The summed E-state index contributed by atoms with van der Waals surface area (Å²) in [5, 5.41) is 8.82. The summed E-state index contributed by atoms with van der Waals surface area (Å²) < 4.78 is 33.8. The maximum atomic E-state index is 14.0. The fourth-order valence-electron chi connectivity index (χ4n) is 3.54. The molecule has 1 aliphatic carbocycles. The Morgan fingerprint density at radius 3 is 2.57 bits per heavy atom. The Hall–Kier alpha value is -2.26. The summed E-state index contributed by atoms with van der Waals surface area (Å²) in [7, 11) is 1.52. The third kappa shape index (κ3) is 5.17. The van der Waals surface area contributed by atoms with Crippen molar-refractivity contribution >= 4 is 20.8 Å². The Labute approximate surface area is 165 Å². The van der Waals surface area contributed by atoms with E-state index in [4.69, 9.17) is 9.84 Å². The molecule has 0 spiro atoms. The third-order valence-electron chi connectivity index (χ3n) is 4.92. The van der Waals surface area contributed by atoms with Crippen LogP contribution in [0.4, 0.5) is 8.78 Å². The number of benzene rings is 2. The van der Waals surface area contributed by atoms with Gasteiger partial charge in [0.1, 0.15) is 12.4 Å². The summed E-state index contributed by atoms with van der Waals surface area (Å²) in [5.41, 5.74) is 0.616. The van der Waals surface area contributed by atoms with E-state index in [0.29, 0.717) is 17.9 Å². The van der Waals surface area contributed by atoms with Gasteiger partial charge in [0.05, 0.1) is 0 Å². The number of carbonyl (C=O) groups is 1. The molecule has 0 fully saturated rings. The minimum atomic E-state index is -3.14. The van der Waals surface area contributed by atoms with E-state index in [2.05, 4.69) is 12.1 Å². The van der Waals surface area contributed by atoms with Gasteiger partial charge in [-0.15, -0.1) is 0 Å². The van der Waals surface area contributed by atoms with Crippen molar-refractivity contribution in [1.29, 1.82) is 0 Å². The molecule has 0 saturated heterocycles. The Morgan fingerprint density at radius 1 is 1.14 bits per heavy atom. The summed E-state index contributed by atoms with van der Waals surface area (Å²) >= 11 is 0. The van der Waals surface area contributed by atoms with Crippen LogP contribution in [0.15, 0.2) is 54.1 Å². The Balaban J connectivity index is 1.78. The minimum absolute atomic E-state index is 0.0538. The molecule has 0 aliphatic heterocycles. The van der Waals surface area contributed by atoms with E-state index in [1.165, 1.54) is 38.1 Å². The minimum Gasteiger partial charge on any atom is -0.489 e. The van der Waals surface area contributed by atoms with E-state index >= 15 is 0 Å². The molecule has 1 unspecified atom stereocenters. The van der Waals surface area contributed by atoms with Gasteiger partial charge in [-0.3, -0.25) is 4.79 Å². The molecule has 1 aliphatic rings. The fraction of sp³-hybridized carbons (Fsp3) is 0.318. The third-order valence-corrected chi connectivity index (χ3v) is 5.23. The van der Waals surface area contributed by atoms with Crippen LogP contribution in [-0.2, 0) is 16.9 Å². The van der Waals surface area contributed by atoms with E-state index < -0.39 is 11.6 Å². The molecule has 1 N–H and O–H groups in total. The lowest BCUT2D eigenvalue weighted by atomic mass is 10.0. The molecule has 3 rings (SSSR count). The van der Waals surface area contributed by atoms with Crippen LogP contribution in [0.25, 0.3) is 5.57 Å². The summed E-state index contributed by atoms with van der Waals surface area (Å²) in [5.74, 6) is -0.650. The van der Waals surface area contributed by atoms with E-state index in [0.717, 1.165) is 19.3 Å². The number of allylic oxidation sites excluding steroid dienone is 1. The molecular formula is C22H23F2O3P. The van der Waals surface area contributed by atoms with Crippen molar-refractivity contribution < 1.29 is 23.4 Å². The second kappa shape index (κ2) is 8.83. The normalized spacial score (nSPS) is 14.4. The zero-order valence-corrected chi connectivity index (χ0v) is 16.6. The largest absolute Gasteiger partial charge is 0.489 e. The molecule has 0 radical (unpaired) electrons. The fourth-order valence-corrected chi connectivity index (χ4v) is 3.81. The van der Waals surface area contributed by atoms with Gasteiger partial charge in [-0.2, -0.15) is 8.78 Å². The predicted molar refractivity (Wildman–Crippen MR) is 109 cm³/mol. The van der Waals surface area contributed by atoms with Crippen LogP contribution in [0, 0.1) is 0 Å². The molecule has 6 heteroatoms. The van der Waals surface area contributed by atoms with Crippen molar-refractivity contribution in [3.05, 3.63) is 70.8 Å². The number of alkyl halides is 2. The zero-order valence-electron chi connectivity index (χ0n) is 15.5. The van der Waals surface area contributed by atoms with Gasteiger partial charge in [-0.1, -0.05) is 45.6 Å². The van der Waals surface area contributed by atoms with Crippen molar-refractivity contribution in [2.45, 2.75) is 37.8 Å². The van der Waals surface area contributed by atoms with Crippen molar-refractivity contribution in [2.75, 3.05) is 6.61 Å². The highest BCUT2D eigenvalue weighted by molar-refractivity contribution is 7.17. The standard InChI is InChI=1S/C22H23F2O3P/c23-22(24,28)20-13-18(11-9-16(20)10-12-21(25)26)27-14-17-7-4-8-19(17)15-5-2-1-3-6-15/h1-3,5-6,9,11,13H,4,7-8,10,12,14,28H2,(H,25,26). The van der Waals surface area contributed by atoms with Gasteiger partial charge >= 0.3 is 5.97 Å². The molecule has 0 aromatic heterocycles. The molecule has 2 aromatic carbocycles. The van der Waals surface area contributed by atoms with Gasteiger partial charge in [0.15, 0.2) is 0 Å². The number of carboxylic acid groups (broad SMARTS) is 1. The van der Waals surface area contributed by atoms with E-state index in [-0.39, 0.29) is 18.4 Å². The number of aliphatic carboxylic acids is 1. The first-order chi connectivity index (χ1) is 13.3. The lowest BCUT2D eigenvalue weighted by molar-refractivity contribution is -0.136. The monoisotopic (exact) mass is 404 g/mol. The highest BCUT2D eigenvalue weighted by atomic mass is 31.0. The first kappa shape index (κ1) is 20.5. The number of halogens is 2. The van der Waals surface area contributed by atoms with E-state index in [1.807, 2.05) is 18.2 Å². The van der Waals surface area contributed by atoms with Crippen molar-refractivity contribution in [3.8, 4) is 5.75 Å². The number of hydrogen-bond acceptors (Lipinski definition) is 2. The molecule has 2 aromatic rings. The van der Waals surface area contributed by atoms with Gasteiger partial charge < -0.3 is 9.84 Å². The summed E-state index contributed by atoms with van der Waals surface area (Å²) in [4.78, 5) is 10.8. The molecule has 1 atom stereocenters. The molecule has 3 nitrogen and oxygen atoms in total. The SMILES string of the molecule is O=C(O)CCc1ccc(OCC2=C(c3ccccc3)CCC2)cc1C(F)(F)P. The van der Waals surface area contributed by atoms with Crippen LogP contribution >= 0.6 is 9.24 Å². The molecule has 0 bridgehead atoms. The first-order valence-electron chi connectivity index (χ1n) is 9.25. The molecule has 148 valence electrons. The lowest BCUT2D eigenvalue weighted by Crippen LogP contribution is -2.10. The first-order valence-corrected chi connectivity index (χ1v) is 9.83. The predicted octanol–water partition coefficient (Wildman–Crippen LogP) is 5.64.